The maximum Gasteiger partial charge on any atom is 0.140 e. The summed E-state index contributed by atoms with van der Waals surface area (Å²) in [6, 6.07) is 7.70. The van der Waals surface area contributed by atoms with Crippen LogP contribution in [0.15, 0.2) is 35.1 Å². The van der Waals surface area contributed by atoms with Gasteiger partial charge in [0.05, 0.1) is 6.20 Å². The summed E-state index contributed by atoms with van der Waals surface area (Å²) in [6.07, 6.45) is 1.81. The van der Waals surface area contributed by atoms with Crippen molar-refractivity contribution in [2.24, 2.45) is 0 Å². The maximum absolute atomic E-state index is 5.84. The molecule has 0 saturated carbocycles. The Labute approximate surface area is 102 Å². The first kappa shape index (κ1) is 10.7. The second kappa shape index (κ2) is 4.37. The van der Waals surface area contributed by atoms with Crippen molar-refractivity contribution in [1.82, 2.24) is 9.55 Å². The van der Waals surface area contributed by atoms with Crippen LogP contribution < -0.4 is 0 Å². The van der Waals surface area contributed by atoms with Gasteiger partial charge in [-0.2, -0.15) is 0 Å². The number of rotatable bonds is 2. The minimum atomic E-state index is 0.743. The predicted octanol–water partition coefficient (Wildman–Crippen LogP) is 3.99. The van der Waals surface area contributed by atoms with E-state index in [4.69, 9.17) is 11.6 Å². The maximum atomic E-state index is 5.84. The molecule has 0 unspecified atom stereocenters. The standard InChI is InChI=1S/C11H10BrClN2/c1-2-15-10(12)7-14-11(15)8-3-5-9(13)6-4-8/h3-7H,2H2,1H3. The molecule has 1 aromatic heterocycles. The first-order chi connectivity index (χ1) is 7.22. The zero-order chi connectivity index (χ0) is 10.8. The fourth-order valence-electron chi connectivity index (χ4n) is 1.49. The highest BCUT2D eigenvalue weighted by atomic mass is 79.9. The van der Waals surface area contributed by atoms with Gasteiger partial charge in [0, 0.05) is 17.1 Å². The molecule has 0 bridgehead atoms. The lowest BCUT2D eigenvalue weighted by molar-refractivity contribution is 0.755. The largest absolute Gasteiger partial charge is 0.319 e. The summed E-state index contributed by atoms with van der Waals surface area (Å²) in [4.78, 5) is 4.36. The molecular formula is C11H10BrClN2. The van der Waals surface area contributed by atoms with Crippen molar-refractivity contribution in [2.45, 2.75) is 13.5 Å². The summed E-state index contributed by atoms with van der Waals surface area (Å²) in [5.41, 5.74) is 1.08. The van der Waals surface area contributed by atoms with Gasteiger partial charge in [0.25, 0.3) is 0 Å². The lowest BCUT2D eigenvalue weighted by Crippen LogP contribution is -1.97. The Morgan fingerprint density at radius 2 is 2.00 bits per heavy atom. The second-order valence-corrected chi connectivity index (χ2v) is 4.40. The van der Waals surface area contributed by atoms with Gasteiger partial charge >= 0.3 is 0 Å². The zero-order valence-corrected chi connectivity index (χ0v) is 10.6. The lowest BCUT2D eigenvalue weighted by Gasteiger charge is -2.05. The number of benzene rings is 1. The normalized spacial score (nSPS) is 10.6. The number of imidazole rings is 1. The van der Waals surface area contributed by atoms with Crippen LogP contribution in [0.2, 0.25) is 5.02 Å². The van der Waals surface area contributed by atoms with Gasteiger partial charge < -0.3 is 4.57 Å². The smallest absolute Gasteiger partial charge is 0.140 e. The monoisotopic (exact) mass is 284 g/mol. The van der Waals surface area contributed by atoms with Crippen LogP contribution >= 0.6 is 27.5 Å². The molecule has 0 saturated heterocycles. The molecule has 0 aliphatic rings. The van der Waals surface area contributed by atoms with E-state index in [9.17, 15) is 0 Å². The topological polar surface area (TPSA) is 17.8 Å². The first-order valence-corrected chi connectivity index (χ1v) is 5.86. The van der Waals surface area contributed by atoms with Gasteiger partial charge in [0.2, 0.25) is 0 Å². The molecular weight excluding hydrogens is 275 g/mol. The molecule has 0 spiro atoms. The van der Waals surface area contributed by atoms with Crippen molar-refractivity contribution in [3.8, 4) is 11.4 Å². The average Bonchev–Trinajstić information content (AvgIpc) is 2.61. The van der Waals surface area contributed by atoms with E-state index >= 15 is 0 Å². The van der Waals surface area contributed by atoms with Crippen LogP contribution in [0.5, 0.6) is 0 Å². The molecule has 0 aliphatic heterocycles. The van der Waals surface area contributed by atoms with E-state index in [1.165, 1.54) is 0 Å². The third-order valence-electron chi connectivity index (χ3n) is 2.23. The van der Waals surface area contributed by atoms with Crippen molar-refractivity contribution >= 4 is 27.5 Å². The lowest BCUT2D eigenvalue weighted by atomic mass is 10.2. The molecule has 1 aromatic carbocycles. The fraction of sp³-hybridized carbons (Fsp3) is 0.182. The van der Waals surface area contributed by atoms with Gasteiger partial charge in [-0.3, -0.25) is 0 Å². The minimum absolute atomic E-state index is 0.743. The van der Waals surface area contributed by atoms with Gasteiger partial charge in [-0.25, -0.2) is 4.98 Å². The molecule has 0 N–H and O–H groups in total. The van der Waals surface area contributed by atoms with Gasteiger partial charge in [0.15, 0.2) is 0 Å². The van der Waals surface area contributed by atoms with Crippen LogP contribution in [-0.4, -0.2) is 9.55 Å². The van der Waals surface area contributed by atoms with Crippen LogP contribution in [0.25, 0.3) is 11.4 Å². The van der Waals surface area contributed by atoms with Crippen molar-refractivity contribution in [1.29, 1.82) is 0 Å². The van der Waals surface area contributed by atoms with Crippen molar-refractivity contribution in [3.05, 3.63) is 40.1 Å². The van der Waals surface area contributed by atoms with Gasteiger partial charge in [-0.15, -0.1) is 0 Å². The molecule has 0 amide bonds. The molecule has 1 heterocycles. The molecule has 15 heavy (non-hydrogen) atoms. The van der Waals surface area contributed by atoms with Crippen molar-refractivity contribution in [3.63, 3.8) is 0 Å². The molecule has 2 aromatic rings. The van der Waals surface area contributed by atoms with Gasteiger partial charge in [-0.1, -0.05) is 11.6 Å². The van der Waals surface area contributed by atoms with Crippen LogP contribution in [0, 0.1) is 0 Å². The van der Waals surface area contributed by atoms with E-state index in [0.717, 1.165) is 27.6 Å². The van der Waals surface area contributed by atoms with Crippen LogP contribution in [0.4, 0.5) is 0 Å². The Kier molecular flexibility index (Phi) is 3.12. The minimum Gasteiger partial charge on any atom is -0.319 e. The Balaban J connectivity index is 2.49. The third kappa shape index (κ3) is 2.08. The third-order valence-corrected chi connectivity index (χ3v) is 3.11. The molecule has 0 radical (unpaired) electrons. The quantitative estimate of drug-likeness (QED) is 0.816. The fourth-order valence-corrected chi connectivity index (χ4v) is 2.13. The number of hydrogen-bond acceptors (Lipinski definition) is 1. The zero-order valence-electron chi connectivity index (χ0n) is 8.24. The van der Waals surface area contributed by atoms with E-state index in [1.54, 1.807) is 0 Å². The summed E-state index contributed by atoms with van der Waals surface area (Å²) in [5.74, 6) is 0.959. The summed E-state index contributed by atoms with van der Waals surface area (Å²) >= 11 is 9.30. The molecule has 0 atom stereocenters. The van der Waals surface area contributed by atoms with E-state index in [2.05, 4.69) is 32.4 Å². The molecule has 4 heteroatoms. The summed E-state index contributed by atoms with van der Waals surface area (Å²) in [6.45, 7) is 2.98. The van der Waals surface area contributed by atoms with Crippen molar-refractivity contribution in [2.75, 3.05) is 0 Å². The Morgan fingerprint density at radius 3 is 2.60 bits per heavy atom. The predicted molar refractivity (Wildman–Crippen MR) is 66.0 cm³/mol. The van der Waals surface area contributed by atoms with E-state index in [1.807, 2.05) is 30.5 Å². The molecule has 2 rings (SSSR count). The van der Waals surface area contributed by atoms with Gasteiger partial charge in [-0.05, 0) is 47.1 Å². The van der Waals surface area contributed by atoms with Crippen LogP contribution in [0.1, 0.15) is 6.92 Å². The molecule has 2 nitrogen and oxygen atoms in total. The van der Waals surface area contributed by atoms with Gasteiger partial charge in [0.1, 0.15) is 10.4 Å². The summed E-state index contributed by atoms with van der Waals surface area (Å²) in [7, 11) is 0. The Hall–Kier alpha value is -0.800. The molecule has 78 valence electrons. The Bertz CT molecular complexity index is 462. The first-order valence-electron chi connectivity index (χ1n) is 4.69. The summed E-state index contributed by atoms with van der Waals surface area (Å²) < 4.78 is 3.10. The van der Waals surface area contributed by atoms with Crippen LogP contribution in [-0.2, 0) is 6.54 Å². The Morgan fingerprint density at radius 1 is 1.33 bits per heavy atom. The van der Waals surface area contributed by atoms with E-state index in [0.29, 0.717) is 0 Å². The second-order valence-electron chi connectivity index (χ2n) is 3.16. The molecule has 0 fully saturated rings. The number of hydrogen-bond donors (Lipinski definition) is 0. The number of halogens is 2. The highest BCUT2D eigenvalue weighted by Gasteiger charge is 2.07. The SMILES string of the molecule is CCn1c(Br)cnc1-c1ccc(Cl)cc1. The highest BCUT2D eigenvalue weighted by Crippen LogP contribution is 2.23. The summed E-state index contributed by atoms with van der Waals surface area (Å²) in [5, 5.41) is 0.743. The van der Waals surface area contributed by atoms with Crippen molar-refractivity contribution < 1.29 is 0 Å². The number of nitrogens with zero attached hydrogens (tertiary/aromatic N) is 2. The van der Waals surface area contributed by atoms with Crippen LogP contribution in [0.3, 0.4) is 0 Å². The average molecular weight is 286 g/mol. The number of aromatic nitrogens is 2. The van der Waals surface area contributed by atoms with E-state index in [-0.39, 0.29) is 0 Å². The van der Waals surface area contributed by atoms with E-state index < -0.39 is 0 Å². The highest BCUT2D eigenvalue weighted by molar-refractivity contribution is 9.10. The molecule has 0 aliphatic carbocycles.